The van der Waals surface area contributed by atoms with Crippen LogP contribution in [0.5, 0.6) is 0 Å². The van der Waals surface area contributed by atoms with Gasteiger partial charge in [0, 0.05) is 32.8 Å². The molecule has 0 bridgehead atoms. The monoisotopic (exact) mass is 508 g/mol. The zero-order valence-corrected chi connectivity index (χ0v) is 20.3. The van der Waals surface area contributed by atoms with E-state index in [0.717, 1.165) is 6.42 Å². The highest BCUT2D eigenvalue weighted by Gasteiger charge is 2.38. The smallest absolute Gasteiger partial charge is 0.284 e. The maximum absolute atomic E-state index is 13.5. The third-order valence-corrected chi connectivity index (χ3v) is 7.87. The Morgan fingerprint density at radius 3 is 2.66 bits per heavy atom. The van der Waals surface area contributed by atoms with E-state index in [1.54, 1.807) is 28.8 Å². The number of likely N-dealkylation sites (N-methyl/N-ethyl adjacent to an activating group) is 1. The Kier molecular flexibility index (Phi) is 5.19. The lowest BCUT2D eigenvalue weighted by Crippen LogP contribution is -2.48. The molecule has 3 aromatic heterocycles. The molecule has 2 N–H and O–H groups in total. The second-order valence-corrected chi connectivity index (χ2v) is 10.0. The van der Waals surface area contributed by atoms with Crippen LogP contribution in [0.4, 0.5) is 11.8 Å². The van der Waals surface area contributed by atoms with Crippen LogP contribution < -0.4 is 16.2 Å². The number of carbonyl (C=O) groups is 1. The first-order chi connectivity index (χ1) is 16.9. The van der Waals surface area contributed by atoms with Crippen molar-refractivity contribution in [3.63, 3.8) is 0 Å². The molecule has 1 atom stereocenters. The first-order valence-electron chi connectivity index (χ1n) is 11.1. The van der Waals surface area contributed by atoms with Crippen molar-refractivity contribution in [3.8, 4) is 5.69 Å². The number of para-hydroxylation sites is 1. The summed E-state index contributed by atoms with van der Waals surface area (Å²) in [5.41, 5.74) is 7.94. The molecule has 2 aliphatic heterocycles. The number of amides is 1. The van der Waals surface area contributed by atoms with Crippen molar-refractivity contribution >= 4 is 46.6 Å². The van der Waals surface area contributed by atoms with Gasteiger partial charge in [0.1, 0.15) is 16.9 Å². The molecule has 4 aromatic rings. The van der Waals surface area contributed by atoms with Gasteiger partial charge in [-0.05, 0) is 24.6 Å². The lowest BCUT2D eigenvalue weighted by atomic mass is 10.0. The van der Waals surface area contributed by atoms with Crippen molar-refractivity contribution < 1.29 is 4.79 Å². The number of nitrogens with zero attached hydrogens (tertiary/aromatic N) is 7. The van der Waals surface area contributed by atoms with Gasteiger partial charge in [0.05, 0.1) is 21.8 Å². The molecule has 0 aliphatic carbocycles. The molecule has 1 aromatic carbocycles. The number of benzene rings is 1. The van der Waals surface area contributed by atoms with Crippen LogP contribution in [0.15, 0.2) is 52.5 Å². The lowest BCUT2D eigenvalue weighted by molar-refractivity contribution is 0.0779. The zero-order valence-electron chi connectivity index (χ0n) is 18.8. The minimum absolute atomic E-state index is 0.0984. The van der Waals surface area contributed by atoms with Crippen molar-refractivity contribution in [2.45, 2.75) is 23.4 Å². The summed E-state index contributed by atoms with van der Waals surface area (Å²) in [7, 11) is 1.77. The normalized spacial score (nSPS) is 17.5. The van der Waals surface area contributed by atoms with Crippen molar-refractivity contribution in [3.05, 3.63) is 69.2 Å². The fraction of sp³-hybridized carbons (Fsp3) is 0.261. The molecule has 0 spiro atoms. The van der Waals surface area contributed by atoms with Gasteiger partial charge in [-0.1, -0.05) is 41.6 Å². The SMILES string of the molecule is CN1CCc2nc(N)nc(N3CCC3Sc3nn4ccc(Cl)c4c(=O)n3-c3ccccc3)c2C1=O. The minimum atomic E-state index is -0.255. The highest BCUT2D eigenvalue weighted by Crippen LogP contribution is 2.39. The summed E-state index contributed by atoms with van der Waals surface area (Å²) < 4.78 is 3.09. The summed E-state index contributed by atoms with van der Waals surface area (Å²) >= 11 is 7.73. The van der Waals surface area contributed by atoms with E-state index in [0.29, 0.717) is 58.0 Å². The molecule has 0 saturated carbocycles. The molecular formula is C23H21ClN8O2S. The van der Waals surface area contributed by atoms with Crippen LogP contribution >= 0.6 is 23.4 Å². The van der Waals surface area contributed by atoms with E-state index in [-0.39, 0.29) is 22.8 Å². The Morgan fingerprint density at radius 2 is 1.91 bits per heavy atom. The summed E-state index contributed by atoms with van der Waals surface area (Å²) in [6, 6.07) is 11.0. The van der Waals surface area contributed by atoms with Gasteiger partial charge in [-0.2, -0.15) is 4.98 Å². The number of hydrogen-bond acceptors (Lipinski definition) is 8. The first-order valence-corrected chi connectivity index (χ1v) is 12.4. The largest absolute Gasteiger partial charge is 0.368 e. The van der Waals surface area contributed by atoms with Gasteiger partial charge in [0.25, 0.3) is 11.5 Å². The van der Waals surface area contributed by atoms with Crippen LogP contribution in [-0.2, 0) is 6.42 Å². The molecule has 1 amide bonds. The predicted molar refractivity (Wildman–Crippen MR) is 135 cm³/mol. The number of halogens is 1. The van der Waals surface area contributed by atoms with E-state index >= 15 is 0 Å². The summed E-state index contributed by atoms with van der Waals surface area (Å²) in [4.78, 5) is 39.0. The number of nitrogens with two attached hydrogens (primary N) is 1. The summed E-state index contributed by atoms with van der Waals surface area (Å²) in [5, 5.41) is 5.47. The van der Waals surface area contributed by atoms with E-state index in [4.69, 9.17) is 22.4 Å². The highest BCUT2D eigenvalue weighted by atomic mass is 35.5. The van der Waals surface area contributed by atoms with Gasteiger partial charge in [0.15, 0.2) is 5.16 Å². The molecular weight excluding hydrogens is 488 g/mol. The van der Waals surface area contributed by atoms with Gasteiger partial charge in [-0.25, -0.2) is 9.50 Å². The Labute approximate surface area is 209 Å². The van der Waals surface area contributed by atoms with Crippen LogP contribution in [0, 0.1) is 0 Å². The van der Waals surface area contributed by atoms with Crippen LogP contribution in [0.1, 0.15) is 22.5 Å². The van der Waals surface area contributed by atoms with E-state index in [1.807, 2.05) is 35.2 Å². The van der Waals surface area contributed by atoms with Gasteiger partial charge in [-0.3, -0.25) is 14.2 Å². The van der Waals surface area contributed by atoms with Gasteiger partial charge in [0.2, 0.25) is 5.95 Å². The second kappa shape index (κ2) is 8.28. The Hall–Kier alpha value is -3.57. The average Bonchev–Trinajstić information content (AvgIpc) is 3.20. The Balaban J connectivity index is 1.43. The summed E-state index contributed by atoms with van der Waals surface area (Å²) in [5.74, 6) is 0.570. The van der Waals surface area contributed by atoms with Crippen molar-refractivity contribution in [2.24, 2.45) is 0 Å². The van der Waals surface area contributed by atoms with Gasteiger partial charge in [-0.15, -0.1) is 5.10 Å². The quantitative estimate of drug-likeness (QED) is 0.447. The minimum Gasteiger partial charge on any atom is -0.368 e. The third-order valence-electron chi connectivity index (χ3n) is 6.33. The maximum Gasteiger partial charge on any atom is 0.284 e. The number of thioether (sulfide) groups is 1. The molecule has 12 heteroatoms. The van der Waals surface area contributed by atoms with Crippen LogP contribution in [-0.4, -0.2) is 60.5 Å². The topological polar surface area (TPSA) is 115 Å². The molecule has 2 aliphatic rings. The second-order valence-electron chi connectivity index (χ2n) is 8.47. The number of fused-ring (bicyclic) bond motifs is 2. The number of hydrogen-bond donors (Lipinski definition) is 1. The molecule has 1 fully saturated rings. The summed E-state index contributed by atoms with van der Waals surface area (Å²) in [6.07, 6.45) is 3.12. The molecule has 10 nitrogen and oxygen atoms in total. The van der Waals surface area contributed by atoms with Gasteiger partial charge < -0.3 is 15.5 Å². The van der Waals surface area contributed by atoms with E-state index < -0.39 is 0 Å². The highest BCUT2D eigenvalue weighted by molar-refractivity contribution is 7.99. The third kappa shape index (κ3) is 3.53. The fourth-order valence-corrected chi connectivity index (χ4v) is 5.88. The zero-order chi connectivity index (χ0) is 24.3. The number of aromatic nitrogens is 5. The predicted octanol–water partition coefficient (Wildman–Crippen LogP) is 2.47. The Bertz CT molecular complexity index is 1540. The maximum atomic E-state index is 13.5. The summed E-state index contributed by atoms with van der Waals surface area (Å²) in [6.45, 7) is 1.29. The average molecular weight is 509 g/mol. The first kappa shape index (κ1) is 21.9. The van der Waals surface area contributed by atoms with Crippen molar-refractivity contribution in [1.82, 2.24) is 29.0 Å². The molecule has 1 unspecified atom stereocenters. The molecule has 0 radical (unpaired) electrons. The van der Waals surface area contributed by atoms with E-state index in [9.17, 15) is 9.59 Å². The van der Waals surface area contributed by atoms with Crippen LogP contribution in [0.3, 0.4) is 0 Å². The standard InChI is InChI=1S/C23H21ClN8O2S/c1-29-10-8-15-17(20(29)33)19(27-22(25)26-15)30-11-9-16(30)35-23-28-31-12-7-14(24)18(31)21(34)32(23)13-5-3-2-4-6-13/h2-7,12,16H,8-11H2,1H3,(H2,25,26,27). The van der Waals surface area contributed by atoms with Crippen LogP contribution in [0.2, 0.25) is 5.02 Å². The molecule has 6 rings (SSSR count). The number of nitrogen functional groups attached to an aromatic ring is 1. The molecule has 35 heavy (non-hydrogen) atoms. The molecule has 5 heterocycles. The number of anilines is 2. The number of carbonyl (C=O) groups excluding carboxylic acids is 1. The fourth-order valence-electron chi connectivity index (χ4n) is 4.43. The van der Waals surface area contributed by atoms with E-state index in [1.165, 1.54) is 16.3 Å². The number of rotatable bonds is 4. The van der Waals surface area contributed by atoms with E-state index in [2.05, 4.69) is 9.97 Å². The lowest BCUT2D eigenvalue weighted by Gasteiger charge is -2.42. The van der Waals surface area contributed by atoms with Gasteiger partial charge >= 0.3 is 0 Å². The van der Waals surface area contributed by atoms with Crippen molar-refractivity contribution in [1.29, 1.82) is 0 Å². The Morgan fingerprint density at radius 1 is 1.11 bits per heavy atom. The van der Waals surface area contributed by atoms with Crippen LogP contribution in [0.25, 0.3) is 11.2 Å². The van der Waals surface area contributed by atoms with Crippen molar-refractivity contribution in [2.75, 3.05) is 30.8 Å². The molecule has 178 valence electrons. The molecule has 1 saturated heterocycles.